The highest BCUT2D eigenvalue weighted by Crippen LogP contribution is 1.71. The van der Waals surface area contributed by atoms with Gasteiger partial charge in [0.15, 0.2) is 0 Å². The van der Waals surface area contributed by atoms with Crippen LogP contribution in [-0.2, 0) is 4.79 Å². The summed E-state index contributed by atoms with van der Waals surface area (Å²) in [7, 11) is 0. The molecule has 0 spiro atoms. The van der Waals surface area contributed by atoms with E-state index in [1.54, 1.807) is 6.07 Å². The van der Waals surface area contributed by atoms with Crippen LogP contribution in [0.5, 0.6) is 0 Å². The van der Waals surface area contributed by atoms with Crippen LogP contribution in [0.1, 0.15) is 14.7 Å². The lowest BCUT2D eigenvalue weighted by Gasteiger charge is -1.92. The van der Waals surface area contributed by atoms with Crippen molar-refractivity contribution in [2.24, 2.45) is 0 Å². The Bertz CT molecular complexity index is 129. The minimum absolute atomic E-state index is 0.111. The molecule has 0 aliphatic carbocycles. The quantitative estimate of drug-likeness (QED) is 0.549. The van der Waals surface area contributed by atoms with Crippen LogP contribution in [0, 0.1) is 11.3 Å². The molecular formula is C5H8N2O. The summed E-state index contributed by atoms with van der Waals surface area (Å²) in [6.45, 7) is 0.498. The predicted octanol–water partition coefficient (Wildman–Crippen LogP) is 0.0362. The number of hydrogen-bond donors (Lipinski definition) is 1. The molecule has 1 N–H and O–H groups in total. The first-order valence-corrected chi connectivity index (χ1v) is 2.24. The van der Waals surface area contributed by atoms with Gasteiger partial charge in [-0.3, -0.25) is 4.79 Å². The Morgan fingerprint density at radius 1 is 2.12 bits per heavy atom. The molecule has 0 bridgehead atoms. The zero-order valence-electron chi connectivity index (χ0n) is 5.48. The van der Waals surface area contributed by atoms with Crippen molar-refractivity contribution in [1.82, 2.24) is 5.32 Å². The van der Waals surface area contributed by atoms with Gasteiger partial charge >= 0.3 is 0 Å². The van der Waals surface area contributed by atoms with Crippen molar-refractivity contribution in [3.05, 3.63) is 0 Å². The number of amides is 1. The van der Waals surface area contributed by atoms with Crippen molar-refractivity contribution in [2.75, 3.05) is 6.54 Å². The summed E-state index contributed by atoms with van der Waals surface area (Å²) in [5.41, 5.74) is 0. The molecule has 0 fully saturated rings. The molecule has 0 unspecified atom stereocenters. The smallest absolute Gasteiger partial charge is 0.234 e. The van der Waals surface area contributed by atoms with Crippen molar-refractivity contribution in [3.8, 4) is 6.07 Å². The summed E-state index contributed by atoms with van der Waals surface area (Å²) in [5.74, 6) is -0.301. The van der Waals surface area contributed by atoms with Crippen LogP contribution in [0.4, 0.5) is 0 Å². The standard InChI is InChI=1S/C5H8N2O/c1-2-7-5(8)3-4-6/h2-3H2,1H3,(H,7,8)/i1D. The zero-order valence-corrected chi connectivity index (χ0v) is 4.48. The van der Waals surface area contributed by atoms with E-state index >= 15 is 0 Å². The monoisotopic (exact) mass is 113 g/mol. The summed E-state index contributed by atoms with van der Waals surface area (Å²) >= 11 is 0. The first-order valence-electron chi connectivity index (χ1n) is 2.95. The first kappa shape index (κ1) is 5.10. The van der Waals surface area contributed by atoms with Crippen LogP contribution in [0.3, 0.4) is 0 Å². The molecule has 1 amide bonds. The lowest BCUT2D eigenvalue weighted by Crippen LogP contribution is -2.21. The van der Waals surface area contributed by atoms with Gasteiger partial charge in [0.2, 0.25) is 5.91 Å². The van der Waals surface area contributed by atoms with Crippen LogP contribution in [0.15, 0.2) is 0 Å². The Balaban J connectivity index is 3.19. The largest absolute Gasteiger partial charge is 0.355 e. The molecule has 0 heterocycles. The molecule has 0 saturated heterocycles. The number of carbonyl (C=O) groups is 1. The molecular weight excluding hydrogens is 104 g/mol. The molecule has 0 aliphatic rings. The second-order valence-corrected chi connectivity index (χ2v) is 1.18. The van der Waals surface area contributed by atoms with E-state index in [1.165, 1.54) is 0 Å². The third-order valence-corrected chi connectivity index (χ3v) is 0.562. The van der Waals surface area contributed by atoms with Gasteiger partial charge in [-0.05, 0) is 6.90 Å². The van der Waals surface area contributed by atoms with Gasteiger partial charge in [0, 0.05) is 7.92 Å². The van der Waals surface area contributed by atoms with Crippen molar-refractivity contribution in [2.45, 2.75) is 13.3 Å². The fraction of sp³-hybridized carbons (Fsp3) is 0.600. The Hall–Kier alpha value is -1.04. The van der Waals surface area contributed by atoms with Gasteiger partial charge in [-0.25, -0.2) is 0 Å². The number of nitrogens with one attached hydrogen (secondary N) is 1. The Kier molecular flexibility index (Phi) is 2.63. The molecule has 0 aromatic carbocycles. The van der Waals surface area contributed by atoms with Crippen molar-refractivity contribution in [1.29, 1.82) is 5.26 Å². The van der Waals surface area contributed by atoms with Crippen molar-refractivity contribution < 1.29 is 6.17 Å². The summed E-state index contributed by atoms with van der Waals surface area (Å²) in [4.78, 5) is 10.4. The molecule has 0 saturated carbocycles. The van der Waals surface area contributed by atoms with Crippen molar-refractivity contribution in [3.63, 3.8) is 0 Å². The molecule has 0 atom stereocenters. The first-order chi connectivity index (χ1) is 4.31. The average Bonchev–Trinajstić information content (AvgIpc) is 1.85. The molecule has 0 aliphatic heterocycles. The number of hydrogen-bond acceptors (Lipinski definition) is 2. The van der Waals surface area contributed by atoms with E-state index in [4.69, 9.17) is 6.63 Å². The number of rotatable bonds is 2. The molecule has 3 heteroatoms. The molecule has 0 aromatic heterocycles. The highest BCUT2D eigenvalue weighted by molar-refractivity contribution is 5.77. The topological polar surface area (TPSA) is 52.9 Å². The fourth-order valence-corrected chi connectivity index (χ4v) is 0.274. The van der Waals surface area contributed by atoms with Gasteiger partial charge in [-0.1, -0.05) is 0 Å². The van der Waals surface area contributed by atoms with E-state index in [0.717, 1.165) is 0 Å². The van der Waals surface area contributed by atoms with Crippen LogP contribution in [-0.4, -0.2) is 12.5 Å². The number of nitrogens with zero attached hydrogens (tertiary/aromatic N) is 1. The SMILES string of the molecule is [2H]CCNC(=O)CC#N. The maximum Gasteiger partial charge on any atom is 0.234 e. The van der Waals surface area contributed by atoms with Gasteiger partial charge in [-0.2, -0.15) is 5.26 Å². The van der Waals surface area contributed by atoms with Gasteiger partial charge in [0.25, 0.3) is 0 Å². The zero-order chi connectivity index (χ0) is 7.11. The summed E-state index contributed by atoms with van der Waals surface area (Å²) in [6, 6.07) is 1.70. The summed E-state index contributed by atoms with van der Waals surface area (Å²) < 4.78 is 6.63. The maximum absolute atomic E-state index is 10.4. The Morgan fingerprint density at radius 3 is 3.38 bits per heavy atom. The van der Waals surface area contributed by atoms with Gasteiger partial charge in [0.05, 0.1) is 6.07 Å². The summed E-state index contributed by atoms with van der Waals surface area (Å²) in [5, 5.41) is 10.4. The fourth-order valence-electron chi connectivity index (χ4n) is 0.274. The average molecular weight is 113 g/mol. The lowest BCUT2D eigenvalue weighted by molar-refractivity contribution is -0.120. The van der Waals surface area contributed by atoms with Crippen LogP contribution < -0.4 is 5.32 Å². The van der Waals surface area contributed by atoms with Crippen LogP contribution in [0.25, 0.3) is 0 Å². The van der Waals surface area contributed by atoms with Gasteiger partial charge in [-0.15, -0.1) is 0 Å². The van der Waals surface area contributed by atoms with E-state index in [-0.39, 0.29) is 19.2 Å². The predicted molar refractivity (Wildman–Crippen MR) is 28.9 cm³/mol. The van der Waals surface area contributed by atoms with E-state index in [0.29, 0.717) is 6.54 Å². The Morgan fingerprint density at radius 2 is 2.88 bits per heavy atom. The molecule has 0 aromatic rings. The molecule has 0 rings (SSSR count). The van der Waals surface area contributed by atoms with E-state index in [9.17, 15) is 4.79 Å². The third kappa shape index (κ3) is 3.16. The number of carbonyl (C=O) groups excluding carboxylic acids is 1. The highest BCUT2D eigenvalue weighted by Gasteiger charge is 1.93. The van der Waals surface area contributed by atoms with E-state index < -0.39 is 0 Å². The Labute approximate surface area is 49.7 Å². The summed E-state index contributed by atoms with van der Waals surface area (Å²) in [6.07, 6.45) is -0.111. The second kappa shape index (κ2) is 4.13. The number of nitriles is 1. The molecule has 0 radical (unpaired) electrons. The normalized spacial score (nSPS) is 9.12. The third-order valence-electron chi connectivity index (χ3n) is 0.562. The lowest BCUT2D eigenvalue weighted by atomic mass is 10.4. The molecule has 8 heavy (non-hydrogen) atoms. The van der Waals surface area contributed by atoms with Gasteiger partial charge < -0.3 is 5.32 Å². The van der Waals surface area contributed by atoms with Crippen LogP contribution in [0.2, 0.25) is 0 Å². The maximum atomic E-state index is 10.4. The van der Waals surface area contributed by atoms with Crippen molar-refractivity contribution >= 4 is 5.91 Å². The molecule has 3 nitrogen and oxygen atoms in total. The minimum atomic E-state index is -0.301. The van der Waals surface area contributed by atoms with E-state index in [1.807, 2.05) is 0 Å². The van der Waals surface area contributed by atoms with Crippen LogP contribution >= 0.6 is 0 Å². The highest BCUT2D eigenvalue weighted by atomic mass is 16.1. The van der Waals surface area contributed by atoms with Gasteiger partial charge in [0.1, 0.15) is 6.42 Å². The minimum Gasteiger partial charge on any atom is -0.355 e. The van der Waals surface area contributed by atoms with E-state index in [2.05, 4.69) is 5.32 Å². The molecule has 44 valence electrons. The second-order valence-electron chi connectivity index (χ2n) is 1.18.